The fourth-order valence-corrected chi connectivity index (χ4v) is 3.72. The van der Waals surface area contributed by atoms with Gasteiger partial charge in [-0.1, -0.05) is 35.4 Å². The zero-order valence-electron chi connectivity index (χ0n) is 18.9. The Bertz CT molecular complexity index is 888. The van der Waals surface area contributed by atoms with Gasteiger partial charge in [-0.3, -0.25) is 14.5 Å². The van der Waals surface area contributed by atoms with E-state index in [1.165, 1.54) is 11.1 Å². The molecular weight excluding hydrogens is 362 g/mol. The molecule has 0 aliphatic rings. The van der Waals surface area contributed by atoms with Crippen molar-refractivity contribution in [2.75, 3.05) is 24.2 Å². The summed E-state index contributed by atoms with van der Waals surface area (Å²) in [5, 5.41) is 6.01. The summed E-state index contributed by atoms with van der Waals surface area (Å²) in [5.41, 5.74) is 8.17. The van der Waals surface area contributed by atoms with Gasteiger partial charge in [0.05, 0.1) is 12.6 Å². The summed E-state index contributed by atoms with van der Waals surface area (Å²) >= 11 is 0. The smallest absolute Gasteiger partial charge is 0.241 e. The Labute approximate surface area is 174 Å². The average Bonchev–Trinajstić information content (AvgIpc) is 2.60. The van der Waals surface area contributed by atoms with Crippen molar-refractivity contribution >= 4 is 23.2 Å². The van der Waals surface area contributed by atoms with Crippen LogP contribution in [0.3, 0.4) is 0 Å². The zero-order chi connectivity index (χ0) is 21.9. The molecule has 29 heavy (non-hydrogen) atoms. The lowest BCUT2D eigenvalue weighted by Gasteiger charge is -2.24. The monoisotopic (exact) mass is 395 g/mol. The van der Waals surface area contributed by atoms with Gasteiger partial charge in [-0.05, 0) is 77.8 Å². The summed E-state index contributed by atoms with van der Waals surface area (Å²) in [6.07, 6.45) is 0. The van der Waals surface area contributed by atoms with E-state index in [2.05, 4.69) is 34.9 Å². The molecule has 2 aromatic carbocycles. The summed E-state index contributed by atoms with van der Waals surface area (Å²) in [7, 11) is 1.79. The Kier molecular flexibility index (Phi) is 7.20. The molecule has 5 nitrogen and oxygen atoms in total. The van der Waals surface area contributed by atoms with Gasteiger partial charge in [-0.2, -0.15) is 0 Å². The van der Waals surface area contributed by atoms with Crippen LogP contribution in [0.2, 0.25) is 0 Å². The van der Waals surface area contributed by atoms with E-state index < -0.39 is 6.04 Å². The summed E-state index contributed by atoms with van der Waals surface area (Å²) in [4.78, 5) is 27.1. The van der Waals surface area contributed by atoms with Crippen molar-refractivity contribution in [2.24, 2.45) is 0 Å². The van der Waals surface area contributed by atoms with E-state index in [-0.39, 0.29) is 18.4 Å². The van der Waals surface area contributed by atoms with E-state index in [0.29, 0.717) is 0 Å². The molecular formula is C24H33N3O2. The number of hydrogen-bond acceptors (Lipinski definition) is 3. The highest BCUT2D eigenvalue weighted by atomic mass is 16.2. The first-order valence-corrected chi connectivity index (χ1v) is 9.96. The van der Waals surface area contributed by atoms with Crippen LogP contribution in [0.4, 0.5) is 11.4 Å². The SMILES string of the molecule is Cc1cc(C)c(NC(=O)CN(C)[C@H](C)C(=O)Nc2c(C)cc(C)cc2C)c(C)c1. The summed E-state index contributed by atoms with van der Waals surface area (Å²) in [6.45, 7) is 14.0. The number of amides is 2. The molecule has 0 saturated carbocycles. The lowest BCUT2D eigenvalue weighted by molar-refractivity contribution is -0.122. The lowest BCUT2D eigenvalue weighted by atomic mass is 10.0. The van der Waals surface area contributed by atoms with Crippen molar-refractivity contribution in [3.05, 3.63) is 57.6 Å². The Morgan fingerprint density at radius 3 is 1.59 bits per heavy atom. The van der Waals surface area contributed by atoms with Crippen molar-refractivity contribution in [3.8, 4) is 0 Å². The second kappa shape index (κ2) is 9.23. The van der Waals surface area contributed by atoms with Crippen LogP contribution in [0.5, 0.6) is 0 Å². The Balaban J connectivity index is 2.02. The third kappa shape index (κ3) is 5.67. The van der Waals surface area contributed by atoms with E-state index >= 15 is 0 Å². The molecule has 0 fully saturated rings. The van der Waals surface area contributed by atoms with Crippen molar-refractivity contribution in [1.82, 2.24) is 4.90 Å². The molecule has 0 bridgehead atoms. The Morgan fingerprint density at radius 2 is 1.17 bits per heavy atom. The fraction of sp³-hybridized carbons (Fsp3) is 0.417. The molecule has 2 rings (SSSR count). The zero-order valence-corrected chi connectivity index (χ0v) is 18.9. The second-order valence-corrected chi connectivity index (χ2v) is 8.18. The number of aryl methyl sites for hydroxylation is 6. The van der Waals surface area contributed by atoms with Crippen molar-refractivity contribution < 1.29 is 9.59 Å². The lowest BCUT2D eigenvalue weighted by Crippen LogP contribution is -2.43. The number of nitrogens with one attached hydrogen (secondary N) is 2. The first-order valence-electron chi connectivity index (χ1n) is 9.96. The molecule has 2 amide bonds. The number of benzene rings is 2. The van der Waals surface area contributed by atoms with E-state index in [1.807, 2.05) is 48.5 Å². The summed E-state index contributed by atoms with van der Waals surface area (Å²) in [6, 6.07) is 7.76. The van der Waals surface area contributed by atoms with Crippen LogP contribution in [0.15, 0.2) is 24.3 Å². The molecule has 5 heteroatoms. The minimum atomic E-state index is -0.443. The number of rotatable bonds is 6. The van der Waals surface area contributed by atoms with E-state index in [9.17, 15) is 9.59 Å². The summed E-state index contributed by atoms with van der Waals surface area (Å²) < 4.78 is 0. The van der Waals surface area contributed by atoms with Gasteiger partial charge >= 0.3 is 0 Å². The molecule has 0 aliphatic heterocycles. The van der Waals surface area contributed by atoms with Crippen LogP contribution in [-0.2, 0) is 9.59 Å². The van der Waals surface area contributed by atoms with Gasteiger partial charge in [-0.25, -0.2) is 0 Å². The molecule has 0 heterocycles. The molecule has 0 aromatic heterocycles. The minimum Gasteiger partial charge on any atom is -0.324 e. The van der Waals surface area contributed by atoms with Gasteiger partial charge in [0.25, 0.3) is 0 Å². The highest BCUT2D eigenvalue weighted by Gasteiger charge is 2.22. The van der Waals surface area contributed by atoms with Crippen LogP contribution in [0, 0.1) is 41.5 Å². The third-order valence-corrected chi connectivity index (χ3v) is 5.30. The van der Waals surface area contributed by atoms with E-state index in [1.54, 1.807) is 11.9 Å². The van der Waals surface area contributed by atoms with Crippen molar-refractivity contribution in [3.63, 3.8) is 0 Å². The first-order chi connectivity index (χ1) is 13.5. The van der Waals surface area contributed by atoms with Gasteiger partial charge in [0.1, 0.15) is 0 Å². The van der Waals surface area contributed by atoms with E-state index in [4.69, 9.17) is 0 Å². The summed E-state index contributed by atoms with van der Waals surface area (Å²) in [5.74, 6) is -0.261. The van der Waals surface area contributed by atoms with Crippen molar-refractivity contribution in [2.45, 2.75) is 54.5 Å². The largest absolute Gasteiger partial charge is 0.324 e. The third-order valence-electron chi connectivity index (χ3n) is 5.30. The maximum atomic E-state index is 12.7. The van der Waals surface area contributed by atoms with Crippen LogP contribution in [0.25, 0.3) is 0 Å². The number of likely N-dealkylation sites (N-methyl/N-ethyl adjacent to an activating group) is 1. The van der Waals surface area contributed by atoms with Gasteiger partial charge in [0.2, 0.25) is 11.8 Å². The van der Waals surface area contributed by atoms with Gasteiger partial charge in [0.15, 0.2) is 0 Å². The number of carbonyl (C=O) groups is 2. The number of hydrogen-bond donors (Lipinski definition) is 2. The average molecular weight is 396 g/mol. The normalized spacial score (nSPS) is 12.0. The van der Waals surface area contributed by atoms with E-state index in [0.717, 1.165) is 33.6 Å². The first kappa shape index (κ1) is 22.6. The predicted octanol–water partition coefficient (Wildman–Crippen LogP) is 4.43. The molecule has 2 N–H and O–H groups in total. The topological polar surface area (TPSA) is 61.4 Å². The molecule has 0 radical (unpaired) electrons. The second-order valence-electron chi connectivity index (χ2n) is 8.18. The number of nitrogens with zero attached hydrogens (tertiary/aromatic N) is 1. The quantitative estimate of drug-likeness (QED) is 0.760. The molecule has 1 atom stereocenters. The van der Waals surface area contributed by atoms with Gasteiger partial charge in [0, 0.05) is 11.4 Å². The Morgan fingerprint density at radius 1 is 0.793 bits per heavy atom. The molecule has 0 saturated heterocycles. The molecule has 0 unspecified atom stereocenters. The maximum absolute atomic E-state index is 12.7. The fourth-order valence-electron chi connectivity index (χ4n) is 3.72. The maximum Gasteiger partial charge on any atom is 0.241 e. The van der Waals surface area contributed by atoms with Crippen molar-refractivity contribution in [1.29, 1.82) is 0 Å². The molecule has 2 aromatic rings. The van der Waals surface area contributed by atoms with Crippen LogP contribution in [0.1, 0.15) is 40.3 Å². The standard InChI is InChI=1S/C24H33N3O2/c1-14-9-16(3)22(17(4)10-14)25-21(28)13-27(8)20(7)24(29)26-23-18(5)11-15(2)12-19(23)6/h9-12,20H,13H2,1-8H3,(H,25,28)(H,26,29)/t20-/m1/s1. The molecule has 0 aliphatic carbocycles. The highest BCUT2D eigenvalue weighted by molar-refractivity contribution is 5.97. The van der Waals surface area contributed by atoms with Gasteiger partial charge in [-0.15, -0.1) is 0 Å². The number of carbonyl (C=O) groups excluding carboxylic acids is 2. The highest BCUT2D eigenvalue weighted by Crippen LogP contribution is 2.23. The molecule has 0 spiro atoms. The van der Waals surface area contributed by atoms with Crippen LogP contribution in [-0.4, -0.2) is 36.3 Å². The molecule has 156 valence electrons. The number of anilines is 2. The predicted molar refractivity (Wildman–Crippen MR) is 121 cm³/mol. The minimum absolute atomic E-state index is 0.127. The Hall–Kier alpha value is -2.66. The van der Waals surface area contributed by atoms with Crippen LogP contribution < -0.4 is 10.6 Å². The van der Waals surface area contributed by atoms with Gasteiger partial charge < -0.3 is 10.6 Å². The van der Waals surface area contributed by atoms with Crippen LogP contribution >= 0.6 is 0 Å².